The number of aryl methyl sites for hydroxylation is 2. The Morgan fingerprint density at radius 1 is 1.13 bits per heavy atom. The van der Waals surface area contributed by atoms with E-state index in [0.717, 1.165) is 38.5 Å². The molecule has 3 rings (SSSR count). The van der Waals surface area contributed by atoms with Crippen molar-refractivity contribution in [1.82, 2.24) is 9.27 Å². The van der Waals surface area contributed by atoms with Gasteiger partial charge in [0.1, 0.15) is 5.75 Å². The summed E-state index contributed by atoms with van der Waals surface area (Å²) in [6.45, 7) is 4.08. The van der Waals surface area contributed by atoms with Crippen molar-refractivity contribution in [3.8, 4) is 10.8 Å². The van der Waals surface area contributed by atoms with Crippen LogP contribution in [0.5, 0.6) is 10.8 Å². The van der Waals surface area contributed by atoms with E-state index in [1.165, 1.54) is 11.5 Å². The molecule has 0 amide bonds. The summed E-state index contributed by atoms with van der Waals surface area (Å²) in [5.41, 5.74) is 4.06. The molecule has 0 spiro atoms. The molecular weight excluding hydrogens is 306 g/mol. The van der Waals surface area contributed by atoms with Gasteiger partial charge in [-0.15, -0.1) is 0 Å². The predicted octanol–water partition coefficient (Wildman–Crippen LogP) is 4.93. The van der Waals surface area contributed by atoms with Gasteiger partial charge >= 0.3 is 0 Å². The molecule has 4 nitrogen and oxygen atoms in total. The van der Waals surface area contributed by atoms with Gasteiger partial charge in [0.25, 0.3) is 0 Å². The maximum atomic E-state index is 6.12. The minimum absolute atomic E-state index is 0.827. The van der Waals surface area contributed by atoms with Gasteiger partial charge < -0.3 is 9.64 Å². The minimum atomic E-state index is 0.827. The third-order valence-corrected chi connectivity index (χ3v) is 4.23. The van der Waals surface area contributed by atoms with Gasteiger partial charge in [-0.05, 0) is 49.2 Å². The molecule has 23 heavy (non-hydrogen) atoms. The highest BCUT2D eigenvalue weighted by atomic mass is 32.1. The van der Waals surface area contributed by atoms with Crippen LogP contribution in [0.25, 0.3) is 10.9 Å². The Morgan fingerprint density at radius 2 is 1.91 bits per heavy atom. The van der Waals surface area contributed by atoms with Gasteiger partial charge in [-0.3, -0.25) is 0 Å². The Morgan fingerprint density at radius 3 is 2.70 bits per heavy atom. The molecule has 0 saturated heterocycles. The Labute approximate surface area is 140 Å². The summed E-state index contributed by atoms with van der Waals surface area (Å²) < 4.78 is 10.5. The highest BCUT2D eigenvalue weighted by Gasteiger charge is 2.11. The average molecular weight is 325 g/mol. The second-order valence-corrected chi connectivity index (χ2v) is 6.44. The molecule has 0 saturated carbocycles. The number of aliphatic imine (C=N–C) groups is 1. The summed E-state index contributed by atoms with van der Waals surface area (Å²) in [4.78, 5) is 6.41. The van der Waals surface area contributed by atoms with E-state index in [-0.39, 0.29) is 0 Å². The molecule has 1 heterocycles. The van der Waals surface area contributed by atoms with Gasteiger partial charge in [-0.2, -0.15) is 4.37 Å². The number of hydrogen-bond donors (Lipinski definition) is 0. The van der Waals surface area contributed by atoms with Gasteiger partial charge in [0.15, 0.2) is 0 Å². The van der Waals surface area contributed by atoms with Crippen LogP contribution in [-0.2, 0) is 0 Å². The maximum absolute atomic E-state index is 6.12. The van der Waals surface area contributed by atoms with Crippen molar-refractivity contribution in [3.63, 3.8) is 0 Å². The molecule has 118 valence electrons. The number of hydrogen-bond acceptors (Lipinski definition) is 4. The van der Waals surface area contributed by atoms with Crippen molar-refractivity contribution >= 4 is 34.5 Å². The lowest BCUT2D eigenvalue weighted by atomic mass is 10.1. The summed E-state index contributed by atoms with van der Waals surface area (Å²) in [7, 11) is 3.91. The van der Waals surface area contributed by atoms with Crippen molar-refractivity contribution in [2.45, 2.75) is 13.8 Å². The highest BCUT2D eigenvalue weighted by Crippen LogP contribution is 2.37. The Hall–Kier alpha value is -2.40. The van der Waals surface area contributed by atoms with Crippen LogP contribution in [0.3, 0.4) is 0 Å². The fraction of sp³-hybridized carbons (Fsp3) is 0.222. The van der Waals surface area contributed by atoms with E-state index in [0.29, 0.717) is 0 Å². The minimum Gasteiger partial charge on any atom is -0.444 e. The molecule has 0 unspecified atom stereocenters. The van der Waals surface area contributed by atoms with E-state index in [1.54, 1.807) is 6.34 Å². The van der Waals surface area contributed by atoms with Crippen LogP contribution in [0.15, 0.2) is 41.4 Å². The van der Waals surface area contributed by atoms with Gasteiger partial charge in [0, 0.05) is 25.6 Å². The average Bonchev–Trinajstić information content (AvgIpc) is 2.92. The molecule has 3 aromatic rings. The zero-order valence-corrected chi connectivity index (χ0v) is 14.5. The van der Waals surface area contributed by atoms with Crippen LogP contribution in [0.2, 0.25) is 0 Å². The van der Waals surface area contributed by atoms with Crippen LogP contribution in [-0.4, -0.2) is 29.7 Å². The quantitative estimate of drug-likeness (QED) is 0.504. The van der Waals surface area contributed by atoms with Gasteiger partial charge in [-0.25, -0.2) is 4.99 Å². The number of rotatable bonds is 4. The van der Waals surface area contributed by atoms with E-state index in [9.17, 15) is 0 Å². The number of fused-ring (bicyclic) bond motifs is 1. The lowest BCUT2D eigenvalue weighted by Crippen LogP contribution is -2.07. The summed E-state index contributed by atoms with van der Waals surface area (Å²) in [6, 6.07) is 12.1. The van der Waals surface area contributed by atoms with E-state index in [4.69, 9.17) is 4.74 Å². The van der Waals surface area contributed by atoms with Crippen LogP contribution < -0.4 is 4.74 Å². The molecule has 1 aromatic heterocycles. The smallest absolute Gasteiger partial charge is 0.207 e. The first-order valence-corrected chi connectivity index (χ1v) is 8.16. The van der Waals surface area contributed by atoms with Gasteiger partial charge in [0.2, 0.25) is 5.06 Å². The van der Waals surface area contributed by atoms with Crippen molar-refractivity contribution < 1.29 is 4.74 Å². The highest BCUT2D eigenvalue weighted by molar-refractivity contribution is 7.09. The van der Waals surface area contributed by atoms with Crippen molar-refractivity contribution in [1.29, 1.82) is 0 Å². The number of aromatic nitrogens is 1. The number of nitrogens with zero attached hydrogens (tertiary/aromatic N) is 3. The standard InChI is InChI=1S/C18H19N3OS/c1-12-10-17(13(2)9-16(12)19-11-21(3)4)22-18-14-7-5-6-8-15(14)20-23-18/h5-11H,1-4H3/b19-11-. The third kappa shape index (κ3) is 3.35. The van der Waals surface area contributed by atoms with E-state index < -0.39 is 0 Å². The number of ether oxygens (including phenoxy) is 1. The first-order chi connectivity index (χ1) is 11.0. The largest absolute Gasteiger partial charge is 0.444 e. The van der Waals surface area contributed by atoms with Gasteiger partial charge in [-0.1, -0.05) is 12.1 Å². The summed E-state index contributed by atoms with van der Waals surface area (Å²) in [5.74, 6) is 0.848. The zero-order chi connectivity index (χ0) is 16.4. The molecular formula is C18H19N3OS. The second kappa shape index (κ2) is 6.38. The van der Waals surface area contributed by atoms with E-state index in [1.807, 2.05) is 69.2 Å². The third-order valence-electron chi connectivity index (χ3n) is 3.47. The van der Waals surface area contributed by atoms with Crippen LogP contribution in [0, 0.1) is 13.8 Å². The first kappa shape index (κ1) is 15.5. The Bertz CT molecular complexity index is 868. The molecule has 2 aromatic carbocycles. The molecule has 0 aliphatic rings. The topological polar surface area (TPSA) is 37.7 Å². The molecule has 0 N–H and O–H groups in total. The molecule has 0 aliphatic heterocycles. The van der Waals surface area contributed by atoms with Crippen molar-refractivity contribution in [2.24, 2.45) is 4.99 Å². The van der Waals surface area contributed by atoms with Crippen molar-refractivity contribution in [2.75, 3.05) is 14.1 Å². The summed E-state index contributed by atoms with van der Waals surface area (Å²) in [5, 5.41) is 1.87. The SMILES string of the molecule is Cc1cc(Oc2snc3ccccc23)c(C)cc1/N=C\N(C)C. The molecule has 0 radical (unpaired) electrons. The molecule has 0 atom stereocenters. The zero-order valence-electron chi connectivity index (χ0n) is 13.7. The Balaban J connectivity index is 1.93. The van der Waals surface area contributed by atoms with E-state index in [2.05, 4.69) is 9.37 Å². The maximum Gasteiger partial charge on any atom is 0.207 e. The van der Waals surface area contributed by atoms with Crippen LogP contribution in [0.1, 0.15) is 11.1 Å². The molecule has 0 bridgehead atoms. The van der Waals surface area contributed by atoms with E-state index >= 15 is 0 Å². The van der Waals surface area contributed by atoms with Crippen LogP contribution in [0.4, 0.5) is 5.69 Å². The Kier molecular flexibility index (Phi) is 4.30. The first-order valence-electron chi connectivity index (χ1n) is 7.39. The second-order valence-electron chi connectivity index (χ2n) is 5.70. The fourth-order valence-corrected chi connectivity index (χ4v) is 2.98. The van der Waals surface area contributed by atoms with Crippen molar-refractivity contribution in [3.05, 3.63) is 47.5 Å². The molecule has 0 fully saturated rings. The summed E-state index contributed by atoms with van der Waals surface area (Å²) >= 11 is 1.38. The lowest BCUT2D eigenvalue weighted by molar-refractivity contribution is 0.497. The summed E-state index contributed by atoms with van der Waals surface area (Å²) in [6.07, 6.45) is 1.80. The predicted molar refractivity (Wildman–Crippen MR) is 97.4 cm³/mol. The monoisotopic (exact) mass is 325 g/mol. The molecule has 5 heteroatoms. The lowest BCUT2D eigenvalue weighted by Gasteiger charge is -2.11. The fourth-order valence-electron chi connectivity index (χ4n) is 2.24. The number of benzene rings is 2. The molecule has 0 aliphatic carbocycles. The van der Waals surface area contributed by atoms with Gasteiger partial charge in [0.05, 0.1) is 22.9 Å². The normalized spacial score (nSPS) is 11.3. The van der Waals surface area contributed by atoms with Crippen LogP contribution >= 0.6 is 11.5 Å².